The van der Waals surface area contributed by atoms with Crippen LogP contribution >= 0.6 is 0 Å². The number of likely N-dealkylation sites (tertiary alicyclic amines) is 1. The van der Waals surface area contributed by atoms with Gasteiger partial charge in [-0.15, -0.1) is 0 Å². The number of aliphatic carboxylic acids is 1. The van der Waals surface area contributed by atoms with Crippen LogP contribution in [-0.4, -0.2) is 41.1 Å². The van der Waals surface area contributed by atoms with Crippen molar-refractivity contribution in [3.8, 4) is 0 Å². The van der Waals surface area contributed by atoms with Crippen LogP contribution in [0.5, 0.6) is 0 Å². The van der Waals surface area contributed by atoms with Gasteiger partial charge in [-0.2, -0.15) is 0 Å². The molecule has 1 heterocycles. The van der Waals surface area contributed by atoms with E-state index in [0.29, 0.717) is 19.0 Å². The molecule has 15 heavy (non-hydrogen) atoms. The van der Waals surface area contributed by atoms with Crippen molar-refractivity contribution in [2.45, 2.75) is 12.8 Å². The molecule has 0 bridgehead atoms. The molecule has 6 nitrogen and oxygen atoms in total. The lowest BCUT2D eigenvalue weighted by Gasteiger charge is -2.14. The molecule has 0 radical (unpaired) electrons. The van der Waals surface area contributed by atoms with Crippen molar-refractivity contribution < 1.29 is 24.2 Å². The van der Waals surface area contributed by atoms with Crippen LogP contribution in [0.1, 0.15) is 12.8 Å². The number of carbonyl (C=O) groups is 3. The van der Waals surface area contributed by atoms with Gasteiger partial charge < -0.3 is 14.7 Å². The predicted molar refractivity (Wildman–Crippen MR) is 48.7 cm³/mol. The minimum atomic E-state index is -1.22. The van der Waals surface area contributed by atoms with Crippen molar-refractivity contribution in [3.63, 3.8) is 0 Å². The number of ether oxygens (including phenoxy) is 1. The van der Waals surface area contributed by atoms with E-state index in [-0.39, 0.29) is 12.6 Å². The lowest BCUT2D eigenvalue weighted by atomic mass is 10.4. The van der Waals surface area contributed by atoms with Gasteiger partial charge in [-0.05, 0) is 6.42 Å². The van der Waals surface area contributed by atoms with Crippen LogP contribution < -0.4 is 0 Å². The summed E-state index contributed by atoms with van der Waals surface area (Å²) in [7, 11) is 0. The highest BCUT2D eigenvalue weighted by Gasteiger charge is 2.20. The van der Waals surface area contributed by atoms with Crippen LogP contribution in [0.4, 0.5) is 0 Å². The zero-order valence-corrected chi connectivity index (χ0v) is 8.01. The van der Waals surface area contributed by atoms with E-state index in [1.54, 1.807) is 0 Å². The summed E-state index contributed by atoms with van der Waals surface area (Å²) in [6.45, 7) is 0.469. The number of carboxylic acid groups (broad SMARTS) is 1. The smallest absolute Gasteiger partial charge is 0.332 e. The van der Waals surface area contributed by atoms with Gasteiger partial charge in [-0.25, -0.2) is 9.59 Å². The van der Waals surface area contributed by atoms with E-state index in [2.05, 4.69) is 4.74 Å². The fourth-order valence-electron chi connectivity index (χ4n) is 1.17. The molecule has 0 atom stereocenters. The van der Waals surface area contributed by atoms with Crippen molar-refractivity contribution >= 4 is 17.8 Å². The molecule has 1 N–H and O–H groups in total. The first-order valence-electron chi connectivity index (χ1n) is 4.45. The van der Waals surface area contributed by atoms with E-state index in [4.69, 9.17) is 5.11 Å². The number of hydrogen-bond donors (Lipinski definition) is 1. The Kier molecular flexibility index (Phi) is 3.84. The second-order valence-corrected chi connectivity index (χ2v) is 3.02. The zero-order valence-electron chi connectivity index (χ0n) is 8.01. The van der Waals surface area contributed by atoms with Gasteiger partial charge in [0.1, 0.15) is 0 Å². The minimum absolute atomic E-state index is 0.0509. The van der Waals surface area contributed by atoms with Gasteiger partial charge in [0.05, 0.1) is 0 Å². The Hall–Kier alpha value is -1.85. The molecule has 0 aromatic carbocycles. The molecule has 1 fully saturated rings. The third-order valence-electron chi connectivity index (χ3n) is 1.90. The van der Waals surface area contributed by atoms with Gasteiger partial charge >= 0.3 is 11.9 Å². The highest BCUT2D eigenvalue weighted by atomic mass is 16.5. The Balaban J connectivity index is 2.27. The Morgan fingerprint density at radius 3 is 2.73 bits per heavy atom. The number of carbonyl (C=O) groups excluding carboxylic acids is 2. The fourth-order valence-corrected chi connectivity index (χ4v) is 1.17. The molecule has 0 saturated carbocycles. The Morgan fingerprint density at radius 2 is 2.20 bits per heavy atom. The summed E-state index contributed by atoms with van der Waals surface area (Å²) in [4.78, 5) is 33.4. The van der Waals surface area contributed by atoms with Crippen molar-refractivity contribution in [2.75, 3.05) is 13.3 Å². The Labute approximate surface area is 86.1 Å². The third-order valence-corrected chi connectivity index (χ3v) is 1.90. The van der Waals surface area contributed by atoms with Crippen LogP contribution in [0.15, 0.2) is 12.2 Å². The molecule has 0 aromatic heterocycles. The predicted octanol–water partition coefficient (Wildman–Crippen LogP) is -0.250. The number of esters is 1. The number of nitrogens with zero attached hydrogens (tertiary/aromatic N) is 1. The van der Waals surface area contributed by atoms with Crippen LogP contribution in [-0.2, 0) is 19.1 Å². The van der Waals surface area contributed by atoms with Crippen LogP contribution in [0, 0.1) is 0 Å². The number of carboxylic acids is 1. The van der Waals surface area contributed by atoms with Crippen molar-refractivity contribution in [3.05, 3.63) is 12.2 Å². The van der Waals surface area contributed by atoms with Crippen LogP contribution in [0.25, 0.3) is 0 Å². The first kappa shape index (κ1) is 11.2. The second kappa shape index (κ2) is 5.14. The summed E-state index contributed by atoms with van der Waals surface area (Å²) < 4.78 is 4.66. The monoisotopic (exact) mass is 213 g/mol. The number of hydrogen-bond acceptors (Lipinski definition) is 4. The quantitative estimate of drug-likeness (QED) is 0.514. The van der Waals surface area contributed by atoms with E-state index < -0.39 is 11.9 Å². The molecular formula is C9H11NO5. The van der Waals surface area contributed by atoms with E-state index in [0.717, 1.165) is 12.5 Å². The van der Waals surface area contributed by atoms with E-state index in [1.165, 1.54) is 4.90 Å². The summed E-state index contributed by atoms with van der Waals surface area (Å²) in [5, 5.41) is 8.23. The molecule has 0 aromatic rings. The van der Waals surface area contributed by atoms with Crippen molar-refractivity contribution in [1.82, 2.24) is 4.90 Å². The summed E-state index contributed by atoms with van der Waals surface area (Å²) >= 11 is 0. The first-order chi connectivity index (χ1) is 7.09. The molecule has 6 heteroatoms. The molecule has 1 aliphatic heterocycles. The number of rotatable bonds is 4. The molecule has 82 valence electrons. The third kappa shape index (κ3) is 3.80. The van der Waals surface area contributed by atoms with Crippen LogP contribution in [0.3, 0.4) is 0 Å². The molecular weight excluding hydrogens is 202 g/mol. The maximum Gasteiger partial charge on any atom is 0.332 e. The normalized spacial score (nSPS) is 16.0. The standard InChI is InChI=1S/C9H11NO5/c11-7-2-1-5-10(7)6-15-9(14)4-3-8(12)13/h3-4H,1-2,5-6H2,(H,12,13). The lowest BCUT2D eigenvalue weighted by molar-refractivity contribution is -0.146. The summed E-state index contributed by atoms with van der Waals surface area (Å²) in [6.07, 6.45) is 2.74. The van der Waals surface area contributed by atoms with E-state index >= 15 is 0 Å². The van der Waals surface area contributed by atoms with Gasteiger partial charge in [0, 0.05) is 25.1 Å². The summed E-state index contributed by atoms with van der Waals surface area (Å²) in [5.74, 6) is -2.04. The Bertz CT molecular complexity index is 310. The molecule has 0 aliphatic carbocycles. The average molecular weight is 213 g/mol. The molecule has 1 aliphatic rings. The maximum absolute atomic E-state index is 11.1. The van der Waals surface area contributed by atoms with Gasteiger partial charge in [-0.3, -0.25) is 4.79 Å². The molecule has 0 unspecified atom stereocenters. The van der Waals surface area contributed by atoms with Gasteiger partial charge in [0.15, 0.2) is 6.73 Å². The topological polar surface area (TPSA) is 83.9 Å². The van der Waals surface area contributed by atoms with Crippen molar-refractivity contribution in [1.29, 1.82) is 0 Å². The Morgan fingerprint density at radius 1 is 1.47 bits per heavy atom. The molecule has 1 amide bonds. The summed E-state index contributed by atoms with van der Waals surface area (Å²) in [6, 6.07) is 0. The molecule has 1 rings (SSSR count). The fraction of sp³-hybridized carbons (Fsp3) is 0.444. The van der Waals surface area contributed by atoms with E-state index in [1.807, 2.05) is 0 Å². The highest BCUT2D eigenvalue weighted by Crippen LogP contribution is 2.08. The maximum atomic E-state index is 11.1. The SMILES string of the molecule is O=C(O)C=CC(=O)OCN1CCCC1=O. The average Bonchev–Trinajstić information content (AvgIpc) is 2.58. The van der Waals surface area contributed by atoms with Crippen molar-refractivity contribution in [2.24, 2.45) is 0 Å². The zero-order chi connectivity index (χ0) is 11.3. The van der Waals surface area contributed by atoms with Crippen LogP contribution in [0.2, 0.25) is 0 Å². The summed E-state index contributed by atoms with van der Waals surface area (Å²) in [5.41, 5.74) is 0. The van der Waals surface area contributed by atoms with Gasteiger partial charge in [-0.1, -0.05) is 0 Å². The highest BCUT2D eigenvalue weighted by molar-refractivity contribution is 5.90. The second-order valence-electron chi connectivity index (χ2n) is 3.02. The van der Waals surface area contributed by atoms with Gasteiger partial charge in [0.25, 0.3) is 0 Å². The first-order valence-corrected chi connectivity index (χ1v) is 4.45. The lowest BCUT2D eigenvalue weighted by Crippen LogP contribution is -2.28. The minimum Gasteiger partial charge on any atom is -0.478 e. The largest absolute Gasteiger partial charge is 0.478 e. The molecule has 1 saturated heterocycles. The molecule has 0 spiro atoms. The van der Waals surface area contributed by atoms with Gasteiger partial charge in [0.2, 0.25) is 5.91 Å². The van der Waals surface area contributed by atoms with E-state index in [9.17, 15) is 14.4 Å². The number of amides is 1.